The van der Waals surface area contributed by atoms with E-state index in [4.69, 9.17) is 4.74 Å². The van der Waals surface area contributed by atoms with E-state index >= 15 is 0 Å². The minimum Gasteiger partial charge on any atom is -0.494 e. The Morgan fingerprint density at radius 2 is 1.84 bits per heavy atom. The van der Waals surface area contributed by atoms with Crippen LogP contribution in [0.2, 0.25) is 0 Å². The van der Waals surface area contributed by atoms with E-state index in [-0.39, 0.29) is 11.8 Å². The van der Waals surface area contributed by atoms with Gasteiger partial charge in [0.2, 0.25) is 5.91 Å². The van der Waals surface area contributed by atoms with Gasteiger partial charge in [0.1, 0.15) is 5.75 Å². The zero-order valence-electron chi connectivity index (χ0n) is 12.3. The number of rotatable bonds is 8. The predicted molar refractivity (Wildman–Crippen MR) is 78.3 cm³/mol. The third-order valence-electron chi connectivity index (χ3n) is 3.36. The molecule has 1 amide bonds. The van der Waals surface area contributed by atoms with Crippen molar-refractivity contribution in [3.63, 3.8) is 0 Å². The molecule has 3 nitrogen and oxygen atoms in total. The van der Waals surface area contributed by atoms with Crippen molar-refractivity contribution < 1.29 is 9.53 Å². The van der Waals surface area contributed by atoms with Crippen LogP contribution in [0.5, 0.6) is 5.75 Å². The first-order valence-corrected chi connectivity index (χ1v) is 7.11. The van der Waals surface area contributed by atoms with Crippen LogP contribution in [0.4, 0.5) is 0 Å². The van der Waals surface area contributed by atoms with Crippen molar-refractivity contribution in [1.82, 2.24) is 4.90 Å². The summed E-state index contributed by atoms with van der Waals surface area (Å²) in [5.74, 6) is 1.31. The second-order valence-corrected chi connectivity index (χ2v) is 4.79. The van der Waals surface area contributed by atoms with Gasteiger partial charge in [-0.15, -0.1) is 0 Å². The highest BCUT2D eigenvalue weighted by Crippen LogP contribution is 2.12. The monoisotopic (exact) mass is 263 g/mol. The molecule has 0 atom stereocenters. The highest BCUT2D eigenvalue weighted by molar-refractivity contribution is 5.78. The fourth-order valence-electron chi connectivity index (χ4n) is 2.07. The third kappa shape index (κ3) is 5.33. The van der Waals surface area contributed by atoms with Crippen molar-refractivity contribution >= 4 is 5.91 Å². The fraction of sp³-hybridized carbons (Fsp3) is 0.562. The lowest BCUT2D eigenvalue weighted by atomic mass is 10.0. The molecular formula is C16H25NO2. The summed E-state index contributed by atoms with van der Waals surface area (Å²) in [5, 5.41) is 0. The van der Waals surface area contributed by atoms with Gasteiger partial charge < -0.3 is 9.64 Å². The Bertz CT molecular complexity index is 360. The maximum atomic E-state index is 12.1. The van der Waals surface area contributed by atoms with Crippen molar-refractivity contribution in [1.29, 1.82) is 0 Å². The number of para-hydroxylation sites is 1. The van der Waals surface area contributed by atoms with Crippen LogP contribution in [0.1, 0.15) is 33.1 Å². The minimum absolute atomic E-state index is 0.167. The Labute approximate surface area is 116 Å². The molecule has 0 saturated carbocycles. The predicted octanol–water partition coefficient (Wildman–Crippen LogP) is 3.35. The van der Waals surface area contributed by atoms with Gasteiger partial charge in [0.25, 0.3) is 0 Å². The normalized spacial score (nSPS) is 10.5. The zero-order valence-corrected chi connectivity index (χ0v) is 12.3. The smallest absolute Gasteiger partial charge is 0.225 e. The van der Waals surface area contributed by atoms with Gasteiger partial charge in [-0.05, 0) is 31.4 Å². The van der Waals surface area contributed by atoms with Crippen LogP contribution in [-0.4, -0.2) is 31.0 Å². The van der Waals surface area contributed by atoms with E-state index < -0.39 is 0 Å². The van der Waals surface area contributed by atoms with E-state index in [0.29, 0.717) is 6.61 Å². The number of nitrogens with zero attached hydrogens (tertiary/aromatic N) is 1. The SMILES string of the molecule is CCC(CC)C(=O)N(C)CCCOc1ccccc1. The topological polar surface area (TPSA) is 29.5 Å². The quantitative estimate of drug-likeness (QED) is 0.673. The van der Waals surface area contributed by atoms with E-state index in [1.807, 2.05) is 42.3 Å². The highest BCUT2D eigenvalue weighted by Gasteiger charge is 2.17. The first-order chi connectivity index (χ1) is 9.19. The second kappa shape index (κ2) is 8.57. The van der Waals surface area contributed by atoms with Crippen molar-refractivity contribution in [2.24, 2.45) is 5.92 Å². The van der Waals surface area contributed by atoms with Crippen LogP contribution in [0.25, 0.3) is 0 Å². The molecule has 1 aromatic rings. The number of carbonyl (C=O) groups excluding carboxylic acids is 1. The molecule has 1 rings (SSSR count). The summed E-state index contributed by atoms with van der Waals surface area (Å²) in [7, 11) is 1.88. The standard InChI is InChI=1S/C16H25NO2/c1-4-14(5-2)16(18)17(3)12-9-13-19-15-10-7-6-8-11-15/h6-8,10-11,14H,4-5,9,12-13H2,1-3H3. The molecule has 0 aliphatic heterocycles. The van der Waals surface area contributed by atoms with Gasteiger partial charge in [-0.3, -0.25) is 4.79 Å². The molecule has 0 saturated heterocycles. The molecule has 0 heterocycles. The van der Waals surface area contributed by atoms with Gasteiger partial charge in [-0.25, -0.2) is 0 Å². The van der Waals surface area contributed by atoms with Gasteiger partial charge in [-0.2, -0.15) is 0 Å². The average molecular weight is 263 g/mol. The summed E-state index contributed by atoms with van der Waals surface area (Å²) in [6.45, 7) is 5.53. The van der Waals surface area contributed by atoms with E-state index in [0.717, 1.165) is 31.6 Å². The number of hydrogen-bond acceptors (Lipinski definition) is 2. The average Bonchev–Trinajstić information content (AvgIpc) is 2.45. The van der Waals surface area contributed by atoms with Crippen molar-refractivity contribution in [2.45, 2.75) is 33.1 Å². The molecular weight excluding hydrogens is 238 g/mol. The maximum Gasteiger partial charge on any atom is 0.225 e. The van der Waals surface area contributed by atoms with Crippen LogP contribution in [0.15, 0.2) is 30.3 Å². The fourth-order valence-corrected chi connectivity index (χ4v) is 2.07. The maximum absolute atomic E-state index is 12.1. The van der Waals surface area contributed by atoms with Crippen LogP contribution in [0.3, 0.4) is 0 Å². The lowest BCUT2D eigenvalue weighted by molar-refractivity contribution is -0.134. The number of hydrogen-bond donors (Lipinski definition) is 0. The Kier molecular flexibility index (Phi) is 7.01. The first-order valence-electron chi connectivity index (χ1n) is 7.11. The summed E-state index contributed by atoms with van der Waals surface area (Å²) in [6.07, 6.45) is 2.69. The van der Waals surface area contributed by atoms with Crippen LogP contribution in [0, 0.1) is 5.92 Å². The Morgan fingerprint density at radius 1 is 1.21 bits per heavy atom. The lowest BCUT2D eigenvalue weighted by Crippen LogP contribution is -2.33. The van der Waals surface area contributed by atoms with Gasteiger partial charge in [0.05, 0.1) is 6.61 Å². The van der Waals surface area contributed by atoms with E-state index in [1.165, 1.54) is 0 Å². The Balaban J connectivity index is 2.23. The lowest BCUT2D eigenvalue weighted by Gasteiger charge is -2.22. The number of amides is 1. The molecule has 19 heavy (non-hydrogen) atoms. The molecule has 0 N–H and O–H groups in total. The van der Waals surface area contributed by atoms with Crippen LogP contribution < -0.4 is 4.74 Å². The zero-order chi connectivity index (χ0) is 14.1. The molecule has 106 valence electrons. The van der Waals surface area contributed by atoms with Gasteiger partial charge >= 0.3 is 0 Å². The van der Waals surface area contributed by atoms with Gasteiger partial charge in [0.15, 0.2) is 0 Å². The van der Waals surface area contributed by atoms with E-state index in [2.05, 4.69) is 13.8 Å². The number of ether oxygens (including phenoxy) is 1. The summed E-state index contributed by atoms with van der Waals surface area (Å²) in [6, 6.07) is 9.77. The van der Waals surface area contributed by atoms with Gasteiger partial charge in [-0.1, -0.05) is 32.0 Å². The summed E-state index contributed by atoms with van der Waals surface area (Å²) >= 11 is 0. The molecule has 0 radical (unpaired) electrons. The second-order valence-electron chi connectivity index (χ2n) is 4.79. The van der Waals surface area contributed by atoms with Crippen LogP contribution >= 0.6 is 0 Å². The van der Waals surface area contributed by atoms with Crippen molar-refractivity contribution in [3.8, 4) is 5.75 Å². The van der Waals surface area contributed by atoms with Crippen molar-refractivity contribution in [3.05, 3.63) is 30.3 Å². The minimum atomic E-state index is 0.167. The van der Waals surface area contributed by atoms with E-state index in [9.17, 15) is 4.79 Å². The number of benzene rings is 1. The molecule has 0 aliphatic carbocycles. The van der Waals surface area contributed by atoms with E-state index in [1.54, 1.807) is 0 Å². The van der Waals surface area contributed by atoms with Crippen LogP contribution in [-0.2, 0) is 4.79 Å². The molecule has 1 aromatic carbocycles. The largest absolute Gasteiger partial charge is 0.494 e. The summed E-state index contributed by atoms with van der Waals surface area (Å²) < 4.78 is 5.61. The summed E-state index contributed by atoms with van der Waals surface area (Å²) in [4.78, 5) is 13.9. The highest BCUT2D eigenvalue weighted by atomic mass is 16.5. The van der Waals surface area contributed by atoms with Gasteiger partial charge in [0, 0.05) is 19.5 Å². The molecule has 0 fully saturated rings. The Morgan fingerprint density at radius 3 is 2.42 bits per heavy atom. The molecule has 0 unspecified atom stereocenters. The summed E-state index contributed by atoms with van der Waals surface area (Å²) in [5.41, 5.74) is 0. The Hall–Kier alpha value is -1.51. The molecule has 0 spiro atoms. The third-order valence-corrected chi connectivity index (χ3v) is 3.36. The number of carbonyl (C=O) groups is 1. The molecule has 0 bridgehead atoms. The first kappa shape index (κ1) is 15.5. The molecule has 0 aliphatic rings. The molecule has 0 aromatic heterocycles. The molecule has 3 heteroatoms. The van der Waals surface area contributed by atoms with Crippen molar-refractivity contribution in [2.75, 3.05) is 20.2 Å².